The zero-order valence-electron chi connectivity index (χ0n) is 16.9. The molecule has 0 aliphatic rings. The smallest absolute Gasteiger partial charge is 0.261 e. The van der Waals surface area contributed by atoms with E-state index in [1.54, 1.807) is 31.7 Å². The van der Waals surface area contributed by atoms with Gasteiger partial charge in [0.1, 0.15) is 18.0 Å². The second-order valence-electron chi connectivity index (χ2n) is 6.61. The Hall–Kier alpha value is -3.14. The summed E-state index contributed by atoms with van der Waals surface area (Å²) in [6, 6.07) is 8.36. The number of hydrogen-bond donors (Lipinski definition) is 1. The van der Waals surface area contributed by atoms with Crippen molar-refractivity contribution in [2.24, 2.45) is 0 Å². The van der Waals surface area contributed by atoms with E-state index in [-0.39, 0.29) is 17.0 Å². The lowest BCUT2D eigenvalue weighted by atomic mass is 10.1. The van der Waals surface area contributed by atoms with Crippen LogP contribution in [0, 0.1) is 0 Å². The van der Waals surface area contributed by atoms with E-state index in [0.29, 0.717) is 32.9 Å². The fraction of sp³-hybridized carbons (Fsp3) is 0.143. The van der Waals surface area contributed by atoms with Gasteiger partial charge in [0.15, 0.2) is 5.13 Å². The van der Waals surface area contributed by atoms with Gasteiger partial charge in [0.25, 0.3) is 5.56 Å². The van der Waals surface area contributed by atoms with E-state index in [1.165, 1.54) is 34.4 Å². The average Bonchev–Trinajstić information content (AvgIpc) is 3.23. The van der Waals surface area contributed by atoms with Crippen molar-refractivity contribution in [3.05, 3.63) is 62.4 Å². The van der Waals surface area contributed by atoms with Crippen molar-refractivity contribution in [1.82, 2.24) is 14.5 Å². The molecule has 0 saturated heterocycles. The third kappa shape index (κ3) is 4.40. The Kier molecular flexibility index (Phi) is 6.31. The number of hydrogen-bond acceptors (Lipinski definition) is 7. The zero-order valence-corrected chi connectivity index (χ0v) is 19.2. The van der Waals surface area contributed by atoms with Gasteiger partial charge in [-0.05, 0) is 24.3 Å². The van der Waals surface area contributed by atoms with Gasteiger partial charge in [-0.1, -0.05) is 23.2 Å². The minimum atomic E-state index is -0.427. The highest BCUT2D eigenvalue weighted by atomic mass is 35.5. The molecule has 8 nitrogen and oxygen atoms in total. The van der Waals surface area contributed by atoms with E-state index < -0.39 is 11.5 Å². The zero-order chi connectivity index (χ0) is 22.8. The first-order valence-corrected chi connectivity index (χ1v) is 10.8. The Balaban J connectivity index is 1.53. The molecule has 4 aromatic rings. The summed E-state index contributed by atoms with van der Waals surface area (Å²) in [5.41, 5.74) is 1.31. The summed E-state index contributed by atoms with van der Waals surface area (Å²) in [5.74, 6) is 0.828. The Morgan fingerprint density at radius 3 is 2.75 bits per heavy atom. The number of fused-ring (bicyclic) bond motifs is 1. The highest BCUT2D eigenvalue weighted by molar-refractivity contribution is 7.14. The number of aromatic nitrogens is 3. The molecular formula is C21H16Cl2N4O4S. The molecule has 0 atom stereocenters. The number of methoxy groups -OCH3 is 2. The van der Waals surface area contributed by atoms with Gasteiger partial charge in [-0.25, -0.2) is 9.97 Å². The Bertz CT molecular complexity index is 1390. The van der Waals surface area contributed by atoms with Crippen molar-refractivity contribution in [3.8, 4) is 22.8 Å². The largest absolute Gasteiger partial charge is 0.497 e. The molecule has 32 heavy (non-hydrogen) atoms. The van der Waals surface area contributed by atoms with Gasteiger partial charge >= 0.3 is 0 Å². The molecular weight excluding hydrogens is 475 g/mol. The van der Waals surface area contributed by atoms with Crippen molar-refractivity contribution in [2.45, 2.75) is 6.54 Å². The first-order chi connectivity index (χ1) is 15.4. The number of amides is 1. The Morgan fingerprint density at radius 2 is 2.00 bits per heavy atom. The highest BCUT2D eigenvalue weighted by Gasteiger charge is 2.15. The molecule has 11 heteroatoms. The number of rotatable bonds is 6. The summed E-state index contributed by atoms with van der Waals surface area (Å²) >= 11 is 13.3. The lowest BCUT2D eigenvalue weighted by Gasteiger charge is -2.08. The van der Waals surface area contributed by atoms with Crippen LogP contribution in [0.5, 0.6) is 11.5 Å². The molecule has 2 aromatic heterocycles. The molecule has 164 valence electrons. The first-order valence-electron chi connectivity index (χ1n) is 9.21. The molecule has 1 N–H and O–H groups in total. The van der Waals surface area contributed by atoms with Crippen LogP contribution < -0.4 is 20.3 Å². The van der Waals surface area contributed by atoms with Gasteiger partial charge in [-0.15, -0.1) is 11.3 Å². The molecule has 0 aliphatic carbocycles. The van der Waals surface area contributed by atoms with E-state index in [0.717, 1.165) is 5.56 Å². The standard InChI is InChI=1S/C21H16Cl2N4O4S/c1-30-12-3-4-13(17(7-12)31-2)16-9-32-21(25-16)26-18(28)8-27-10-24-19-14(20(27)29)5-11(22)6-15(19)23/h3-7,9-10H,8H2,1-2H3,(H,25,26,28). The molecule has 1 amide bonds. The number of nitrogens with one attached hydrogen (secondary N) is 1. The van der Waals surface area contributed by atoms with Crippen LogP contribution in [0.15, 0.2) is 46.8 Å². The van der Waals surface area contributed by atoms with Crippen LogP contribution in [0.2, 0.25) is 10.0 Å². The predicted molar refractivity (Wildman–Crippen MR) is 125 cm³/mol. The molecule has 0 bridgehead atoms. The van der Waals surface area contributed by atoms with E-state index in [4.69, 9.17) is 32.7 Å². The van der Waals surface area contributed by atoms with E-state index in [9.17, 15) is 9.59 Å². The summed E-state index contributed by atoms with van der Waals surface area (Å²) < 4.78 is 11.8. The van der Waals surface area contributed by atoms with E-state index in [1.807, 2.05) is 6.07 Å². The number of carbonyl (C=O) groups excluding carboxylic acids is 1. The number of ether oxygens (including phenoxy) is 2. The summed E-state index contributed by atoms with van der Waals surface area (Å²) in [5, 5.41) is 5.71. The minimum Gasteiger partial charge on any atom is -0.497 e. The van der Waals surface area contributed by atoms with Crippen LogP contribution in [0.3, 0.4) is 0 Å². The van der Waals surface area contributed by atoms with E-state index >= 15 is 0 Å². The van der Waals surface area contributed by atoms with Gasteiger partial charge < -0.3 is 14.8 Å². The molecule has 0 radical (unpaired) electrons. The topological polar surface area (TPSA) is 95.3 Å². The summed E-state index contributed by atoms with van der Waals surface area (Å²) in [7, 11) is 3.13. The van der Waals surface area contributed by atoms with E-state index in [2.05, 4.69) is 15.3 Å². The van der Waals surface area contributed by atoms with Crippen molar-refractivity contribution < 1.29 is 14.3 Å². The maximum Gasteiger partial charge on any atom is 0.261 e. The number of anilines is 1. The van der Waals surface area contributed by atoms with Crippen LogP contribution in [-0.2, 0) is 11.3 Å². The van der Waals surface area contributed by atoms with Gasteiger partial charge in [0.05, 0.1) is 42.2 Å². The van der Waals surface area contributed by atoms with Crippen LogP contribution in [0.25, 0.3) is 22.2 Å². The van der Waals surface area contributed by atoms with Crippen LogP contribution in [0.4, 0.5) is 5.13 Å². The monoisotopic (exact) mass is 490 g/mol. The molecule has 0 saturated carbocycles. The molecule has 0 spiro atoms. The van der Waals surface area contributed by atoms with Crippen molar-refractivity contribution in [1.29, 1.82) is 0 Å². The number of halogens is 2. The van der Waals surface area contributed by atoms with Gasteiger partial charge in [0.2, 0.25) is 5.91 Å². The van der Waals surface area contributed by atoms with Crippen molar-refractivity contribution >= 4 is 56.5 Å². The lowest BCUT2D eigenvalue weighted by Crippen LogP contribution is -2.28. The third-order valence-electron chi connectivity index (χ3n) is 4.59. The highest BCUT2D eigenvalue weighted by Crippen LogP contribution is 2.34. The molecule has 2 aromatic carbocycles. The first kappa shape index (κ1) is 22.1. The molecule has 0 aliphatic heterocycles. The fourth-order valence-corrected chi connectivity index (χ4v) is 4.35. The van der Waals surface area contributed by atoms with Crippen LogP contribution >= 0.6 is 34.5 Å². The fourth-order valence-electron chi connectivity index (χ4n) is 3.09. The number of nitrogens with zero attached hydrogens (tertiary/aromatic N) is 3. The normalized spacial score (nSPS) is 10.9. The second-order valence-corrected chi connectivity index (χ2v) is 8.32. The Morgan fingerprint density at radius 1 is 1.19 bits per heavy atom. The second kappa shape index (κ2) is 9.15. The van der Waals surface area contributed by atoms with Crippen LogP contribution in [-0.4, -0.2) is 34.7 Å². The maximum absolute atomic E-state index is 12.7. The molecule has 0 fully saturated rings. The third-order valence-corrected chi connectivity index (χ3v) is 5.86. The number of carbonyl (C=O) groups is 1. The molecule has 0 unspecified atom stereocenters. The SMILES string of the molecule is COc1ccc(-c2csc(NC(=O)Cn3cnc4c(Cl)cc(Cl)cc4c3=O)n2)c(OC)c1. The van der Waals surface area contributed by atoms with Crippen molar-refractivity contribution in [2.75, 3.05) is 19.5 Å². The lowest BCUT2D eigenvalue weighted by molar-refractivity contribution is -0.116. The maximum atomic E-state index is 12.7. The van der Waals surface area contributed by atoms with Gasteiger partial charge in [-0.3, -0.25) is 14.2 Å². The van der Waals surface area contributed by atoms with Gasteiger partial charge in [-0.2, -0.15) is 0 Å². The summed E-state index contributed by atoms with van der Waals surface area (Å²) in [4.78, 5) is 33.9. The van der Waals surface area contributed by atoms with Crippen LogP contribution in [0.1, 0.15) is 0 Å². The predicted octanol–water partition coefficient (Wildman–Crippen LogP) is 4.48. The quantitative estimate of drug-likeness (QED) is 0.427. The Labute approximate surface area is 196 Å². The van der Waals surface area contributed by atoms with Gasteiger partial charge in [0, 0.05) is 22.0 Å². The number of benzene rings is 2. The average molecular weight is 491 g/mol. The summed E-state index contributed by atoms with van der Waals surface area (Å²) in [6.45, 7) is -0.243. The molecule has 4 rings (SSSR count). The van der Waals surface area contributed by atoms with Crippen molar-refractivity contribution in [3.63, 3.8) is 0 Å². The molecule has 2 heterocycles. The minimum absolute atomic E-state index is 0.237. The summed E-state index contributed by atoms with van der Waals surface area (Å²) in [6.07, 6.45) is 1.28. The number of thiazole rings is 1.